The molecular weight excluding hydrogens is 276 g/mol. The topological polar surface area (TPSA) is 52.6 Å². The van der Waals surface area contributed by atoms with Gasteiger partial charge in [-0.05, 0) is 44.4 Å². The zero-order valence-electron chi connectivity index (χ0n) is 11.9. The minimum absolute atomic E-state index is 0.124. The van der Waals surface area contributed by atoms with Crippen LogP contribution in [0, 0.1) is 12.8 Å². The third-order valence-corrected chi connectivity index (χ3v) is 4.10. The van der Waals surface area contributed by atoms with Crippen LogP contribution in [-0.2, 0) is 0 Å². The molecule has 2 amide bonds. The number of carbonyl (C=O) groups excluding carboxylic acids is 1. The van der Waals surface area contributed by atoms with Crippen LogP contribution in [0.1, 0.15) is 25.3 Å². The van der Waals surface area contributed by atoms with Crippen molar-refractivity contribution in [2.75, 3.05) is 18.4 Å². The van der Waals surface area contributed by atoms with Gasteiger partial charge in [-0.1, -0.05) is 17.7 Å². The highest BCUT2D eigenvalue weighted by Gasteiger charge is 2.26. The fourth-order valence-corrected chi connectivity index (χ4v) is 2.68. The molecule has 0 radical (unpaired) electrons. The molecule has 0 saturated carbocycles. The first kappa shape index (κ1) is 15.1. The lowest BCUT2D eigenvalue weighted by atomic mass is 9.94. The Labute approximate surface area is 124 Å². The number of hydrogen-bond acceptors (Lipinski definition) is 2. The molecule has 2 rings (SSSR count). The largest absolute Gasteiger partial charge is 0.393 e. The van der Waals surface area contributed by atoms with Gasteiger partial charge in [-0.3, -0.25) is 0 Å². The van der Waals surface area contributed by atoms with Gasteiger partial charge >= 0.3 is 6.03 Å². The van der Waals surface area contributed by atoms with Crippen molar-refractivity contribution < 1.29 is 9.90 Å². The molecule has 1 aromatic carbocycles. The molecule has 5 heteroatoms. The Morgan fingerprint density at radius 2 is 2.30 bits per heavy atom. The molecule has 20 heavy (non-hydrogen) atoms. The first-order chi connectivity index (χ1) is 9.47. The first-order valence-corrected chi connectivity index (χ1v) is 7.35. The smallest absolute Gasteiger partial charge is 0.321 e. The number of likely N-dealkylation sites (tertiary alicyclic amines) is 1. The zero-order chi connectivity index (χ0) is 14.7. The van der Waals surface area contributed by atoms with Crippen LogP contribution in [-0.4, -0.2) is 35.2 Å². The molecule has 0 aromatic heterocycles. The standard InChI is InChI=1S/C15H21ClN2O2/c1-10-5-6-13(16)8-14(10)17-15(20)18-7-3-4-12(9-18)11(2)19/h5-6,8,11-12,19H,3-4,7,9H2,1-2H3,(H,17,20). The van der Waals surface area contributed by atoms with E-state index in [1.165, 1.54) is 0 Å². The number of nitrogens with zero attached hydrogens (tertiary/aromatic N) is 1. The van der Waals surface area contributed by atoms with E-state index in [-0.39, 0.29) is 18.1 Å². The Morgan fingerprint density at radius 3 is 3.00 bits per heavy atom. The van der Waals surface area contributed by atoms with Crippen LogP contribution >= 0.6 is 11.6 Å². The van der Waals surface area contributed by atoms with Crippen LogP contribution in [0.4, 0.5) is 10.5 Å². The second-order valence-corrected chi connectivity index (χ2v) is 5.91. The number of urea groups is 1. The normalized spacial score (nSPS) is 20.6. The van der Waals surface area contributed by atoms with Crippen molar-refractivity contribution in [3.05, 3.63) is 28.8 Å². The molecule has 2 atom stereocenters. The summed E-state index contributed by atoms with van der Waals surface area (Å²) >= 11 is 5.95. The number of rotatable bonds is 2. The van der Waals surface area contributed by atoms with Crippen molar-refractivity contribution in [1.82, 2.24) is 4.90 Å². The number of halogens is 1. The molecule has 4 nitrogen and oxygen atoms in total. The molecule has 2 unspecified atom stereocenters. The van der Waals surface area contributed by atoms with E-state index in [2.05, 4.69) is 5.32 Å². The number of nitrogens with one attached hydrogen (secondary N) is 1. The number of carbonyl (C=O) groups is 1. The van der Waals surface area contributed by atoms with Crippen LogP contribution in [0.25, 0.3) is 0 Å². The quantitative estimate of drug-likeness (QED) is 0.880. The number of piperidine rings is 1. The monoisotopic (exact) mass is 296 g/mol. The molecular formula is C15H21ClN2O2. The molecule has 0 aliphatic carbocycles. The fourth-order valence-electron chi connectivity index (χ4n) is 2.51. The van der Waals surface area contributed by atoms with Gasteiger partial charge in [0.15, 0.2) is 0 Å². The molecule has 1 aliphatic heterocycles. The Bertz CT molecular complexity index is 491. The maximum Gasteiger partial charge on any atom is 0.321 e. The maximum atomic E-state index is 12.3. The van der Waals surface area contributed by atoms with Gasteiger partial charge in [-0.15, -0.1) is 0 Å². The number of anilines is 1. The summed E-state index contributed by atoms with van der Waals surface area (Å²) in [7, 11) is 0. The highest BCUT2D eigenvalue weighted by Crippen LogP contribution is 2.23. The number of amides is 2. The second kappa shape index (κ2) is 6.46. The number of hydrogen-bond donors (Lipinski definition) is 2. The summed E-state index contributed by atoms with van der Waals surface area (Å²) in [6.45, 7) is 5.05. The lowest BCUT2D eigenvalue weighted by molar-refractivity contribution is 0.0766. The second-order valence-electron chi connectivity index (χ2n) is 5.48. The van der Waals surface area contributed by atoms with E-state index in [0.717, 1.165) is 30.6 Å². The lowest BCUT2D eigenvalue weighted by Gasteiger charge is -2.34. The van der Waals surface area contributed by atoms with Gasteiger partial charge in [0.05, 0.1) is 6.10 Å². The Balaban J connectivity index is 2.02. The molecule has 1 aliphatic rings. The average molecular weight is 297 g/mol. The van der Waals surface area contributed by atoms with Crippen molar-refractivity contribution >= 4 is 23.3 Å². The summed E-state index contributed by atoms with van der Waals surface area (Å²) < 4.78 is 0. The summed E-state index contributed by atoms with van der Waals surface area (Å²) in [6, 6.07) is 5.31. The molecule has 1 heterocycles. The zero-order valence-corrected chi connectivity index (χ0v) is 12.7. The van der Waals surface area contributed by atoms with Gasteiger partial charge in [0.25, 0.3) is 0 Å². The number of aliphatic hydroxyl groups is 1. The maximum absolute atomic E-state index is 12.3. The van der Waals surface area contributed by atoms with E-state index in [9.17, 15) is 9.90 Å². The highest BCUT2D eigenvalue weighted by atomic mass is 35.5. The molecule has 1 aromatic rings. The van der Waals surface area contributed by atoms with Gasteiger partial charge in [0.1, 0.15) is 0 Å². The summed E-state index contributed by atoms with van der Waals surface area (Å²) in [4.78, 5) is 14.1. The van der Waals surface area contributed by atoms with Crippen molar-refractivity contribution in [1.29, 1.82) is 0 Å². The first-order valence-electron chi connectivity index (χ1n) is 6.97. The lowest BCUT2D eigenvalue weighted by Crippen LogP contribution is -2.44. The summed E-state index contributed by atoms with van der Waals surface area (Å²) in [5.74, 6) is 0.162. The van der Waals surface area contributed by atoms with Crippen LogP contribution in [0.2, 0.25) is 5.02 Å². The minimum atomic E-state index is -0.376. The van der Waals surface area contributed by atoms with Gasteiger partial charge in [-0.2, -0.15) is 0 Å². The molecule has 2 N–H and O–H groups in total. The Kier molecular flexibility index (Phi) is 4.89. The molecule has 1 fully saturated rings. The van der Waals surface area contributed by atoms with E-state index in [1.807, 2.05) is 13.0 Å². The SMILES string of the molecule is Cc1ccc(Cl)cc1NC(=O)N1CCCC(C(C)O)C1. The number of aryl methyl sites for hydroxylation is 1. The highest BCUT2D eigenvalue weighted by molar-refractivity contribution is 6.31. The van der Waals surface area contributed by atoms with Crippen molar-refractivity contribution in [3.63, 3.8) is 0 Å². The van der Waals surface area contributed by atoms with Crippen LogP contribution in [0.5, 0.6) is 0 Å². The van der Waals surface area contributed by atoms with E-state index in [0.29, 0.717) is 11.6 Å². The van der Waals surface area contributed by atoms with Gasteiger partial charge < -0.3 is 15.3 Å². The third-order valence-electron chi connectivity index (χ3n) is 3.87. The van der Waals surface area contributed by atoms with Gasteiger partial charge in [0.2, 0.25) is 0 Å². The predicted molar refractivity (Wildman–Crippen MR) is 81.2 cm³/mol. The number of benzene rings is 1. The van der Waals surface area contributed by atoms with Crippen molar-refractivity contribution in [3.8, 4) is 0 Å². The molecule has 0 bridgehead atoms. The molecule has 110 valence electrons. The predicted octanol–water partition coefficient (Wildman–Crippen LogP) is 3.27. The van der Waals surface area contributed by atoms with Gasteiger partial charge in [0, 0.05) is 29.7 Å². The van der Waals surface area contributed by atoms with Crippen molar-refractivity contribution in [2.24, 2.45) is 5.92 Å². The van der Waals surface area contributed by atoms with Gasteiger partial charge in [-0.25, -0.2) is 4.79 Å². The van der Waals surface area contributed by atoms with E-state index >= 15 is 0 Å². The summed E-state index contributed by atoms with van der Waals surface area (Å²) in [5, 5.41) is 13.2. The Hall–Kier alpha value is -1.26. The van der Waals surface area contributed by atoms with Crippen LogP contribution in [0.15, 0.2) is 18.2 Å². The van der Waals surface area contributed by atoms with E-state index in [4.69, 9.17) is 11.6 Å². The average Bonchev–Trinajstić information content (AvgIpc) is 2.43. The fraction of sp³-hybridized carbons (Fsp3) is 0.533. The molecule has 1 saturated heterocycles. The third kappa shape index (κ3) is 3.64. The van der Waals surface area contributed by atoms with Crippen LogP contribution < -0.4 is 5.32 Å². The van der Waals surface area contributed by atoms with Crippen LogP contribution in [0.3, 0.4) is 0 Å². The van der Waals surface area contributed by atoms with E-state index in [1.54, 1.807) is 24.0 Å². The van der Waals surface area contributed by atoms with E-state index < -0.39 is 0 Å². The summed E-state index contributed by atoms with van der Waals surface area (Å²) in [6.07, 6.45) is 1.52. The number of aliphatic hydroxyl groups excluding tert-OH is 1. The minimum Gasteiger partial charge on any atom is -0.393 e. The Morgan fingerprint density at radius 1 is 1.55 bits per heavy atom. The van der Waals surface area contributed by atoms with Crippen molar-refractivity contribution in [2.45, 2.75) is 32.8 Å². The molecule has 0 spiro atoms. The summed E-state index contributed by atoms with van der Waals surface area (Å²) in [5.41, 5.74) is 1.72.